The Balaban J connectivity index is 1.92. The van der Waals surface area contributed by atoms with Crippen molar-refractivity contribution in [2.45, 2.75) is 25.4 Å². The highest BCUT2D eigenvalue weighted by Crippen LogP contribution is 2.12. The van der Waals surface area contributed by atoms with Gasteiger partial charge in [-0.2, -0.15) is 0 Å². The van der Waals surface area contributed by atoms with Crippen LogP contribution in [0.3, 0.4) is 0 Å². The summed E-state index contributed by atoms with van der Waals surface area (Å²) in [4.78, 5) is 40.1. The van der Waals surface area contributed by atoms with Crippen LogP contribution in [-0.4, -0.2) is 40.7 Å². The van der Waals surface area contributed by atoms with Gasteiger partial charge in [-0.25, -0.2) is 4.98 Å². The molecular weight excluding hydrogens is 284 g/mol. The van der Waals surface area contributed by atoms with Gasteiger partial charge in [0.15, 0.2) is 0 Å². The number of rotatable bonds is 5. The van der Waals surface area contributed by atoms with E-state index in [1.807, 2.05) is 0 Å². The van der Waals surface area contributed by atoms with Gasteiger partial charge in [0.05, 0.1) is 0 Å². The molecule has 2 rings (SSSR count). The molecule has 0 aliphatic carbocycles. The summed E-state index contributed by atoms with van der Waals surface area (Å²) in [5, 5.41) is 5.20. The predicted octanol–water partition coefficient (Wildman–Crippen LogP) is 0.443. The Morgan fingerprint density at radius 3 is 2.86 bits per heavy atom. The van der Waals surface area contributed by atoms with Crippen LogP contribution < -0.4 is 10.6 Å². The van der Waals surface area contributed by atoms with Gasteiger partial charge in [0, 0.05) is 26.2 Å². The Hall–Kier alpha value is -2.70. The molecule has 1 atom stereocenters. The Bertz CT molecular complexity index is 597. The Kier molecular flexibility index (Phi) is 4.88. The number of anilines is 1. The van der Waals surface area contributed by atoms with Crippen LogP contribution in [0.2, 0.25) is 0 Å². The highest BCUT2D eigenvalue weighted by molar-refractivity contribution is 5.98. The van der Waals surface area contributed by atoms with E-state index >= 15 is 0 Å². The van der Waals surface area contributed by atoms with E-state index in [1.165, 1.54) is 0 Å². The first-order valence-corrected chi connectivity index (χ1v) is 6.92. The molecule has 0 saturated carbocycles. The van der Waals surface area contributed by atoms with Crippen LogP contribution >= 0.6 is 0 Å². The maximum absolute atomic E-state index is 12.2. The van der Waals surface area contributed by atoms with Gasteiger partial charge in [0.2, 0.25) is 17.7 Å². The summed E-state index contributed by atoms with van der Waals surface area (Å²) >= 11 is 0. The van der Waals surface area contributed by atoms with Gasteiger partial charge in [-0.3, -0.25) is 14.4 Å². The number of carbonyl (C=O) groups excluding carboxylic acids is 3. The van der Waals surface area contributed by atoms with Crippen molar-refractivity contribution in [3.05, 3.63) is 36.5 Å². The molecular formula is C15H18N4O3. The first kappa shape index (κ1) is 15.7. The zero-order chi connectivity index (χ0) is 16.1. The van der Waals surface area contributed by atoms with Crippen LogP contribution in [0.1, 0.15) is 18.4 Å². The molecule has 0 aromatic carbocycles. The average molecular weight is 302 g/mol. The minimum Gasteiger partial charge on any atom is -0.344 e. The van der Waals surface area contributed by atoms with Crippen LogP contribution in [-0.2, 0) is 20.9 Å². The summed E-state index contributed by atoms with van der Waals surface area (Å²) in [6, 6.07) is 3.01. The fraction of sp³-hybridized carbons (Fsp3) is 0.333. The van der Waals surface area contributed by atoms with Crippen molar-refractivity contribution >= 4 is 23.5 Å². The highest BCUT2D eigenvalue weighted by Gasteiger charge is 2.29. The number of nitrogens with zero attached hydrogens (tertiary/aromatic N) is 2. The summed E-state index contributed by atoms with van der Waals surface area (Å²) in [5.41, 5.74) is 0.830. The van der Waals surface area contributed by atoms with Gasteiger partial charge in [0.1, 0.15) is 11.9 Å². The third kappa shape index (κ3) is 3.91. The maximum atomic E-state index is 12.2. The minimum absolute atomic E-state index is 0.0873. The number of pyridine rings is 1. The van der Waals surface area contributed by atoms with Crippen molar-refractivity contribution in [1.29, 1.82) is 0 Å². The molecule has 7 nitrogen and oxygen atoms in total. The summed E-state index contributed by atoms with van der Waals surface area (Å²) in [6.07, 6.45) is 3.68. The molecule has 0 unspecified atom stereocenters. The van der Waals surface area contributed by atoms with Gasteiger partial charge >= 0.3 is 0 Å². The molecule has 1 aliphatic rings. The lowest BCUT2D eigenvalue weighted by molar-refractivity contribution is -0.133. The highest BCUT2D eigenvalue weighted by atomic mass is 16.2. The minimum atomic E-state index is -0.434. The van der Waals surface area contributed by atoms with Gasteiger partial charge in [0.25, 0.3) is 0 Å². The van der Waals surface area contributed by atoms with E-state index < -0.39 is 6.04 Å². The molecule has 0 bridgehead atoms. The zero-order valence-electron chi connectivity index (χ0n) is 12.3. The number of likely N-dealkylation sites (N-methyl/N-ethyl adjacent to an activating group) is 1. The van der Waals surface area contributed by atoms with Crippen molar-refractivity contribution in [1.82, 2.24) is 15.2 Å². The molecule has 1 saturated heterocycles. The Labute approximate surface area is 128 Å². The van der Waals surface area contributed by atoms with Crippen LogP contribution in [0.4, 0.5) is 5.82 Å². The van der Waals surface area contributed by atoms with Gasteiger partial charge in [-0.1, -0.05) is 12.6 Å². The first-order valence-electron chi connectivity index (χ1n) is 6.92. The van der Waals surface area contributed by atoms with E-state index in [4.69, 9.17) is 0 Å². The van der Waals surface area contributed by atoms with E-state index in [-0.39, 0.29) is 17.7 Å². The molecule has 0 radical (unpaired) electrons. The van der Waals surface area contributed by atoms with E-state index in [1.54, 1.807) is 30.3 Å². The van der Waals surface area contributed by atoms with Crippen LogP contribution in [0.15, 0.2) is 31.0 Å². The number of nitrogens with one attached hydrogen (secondary N) is 2. The van der Waals surface area contributed by atoms with Crippen LogP contribution in [0.5, 0.6) is 0 Å². The molecule has 2 N–H and O–H groups in total. The van der Waals surface area contributed by atoms with Gasteiger partial charge in [-0.05, 0) is 24.1 Å². The number of hydrogen-bond donors (Lipinski definition) is 2. The second-order valence-electron chi connectivity index (χ2n) is 5.10. The molecule has 1 aliphatic heterocycles. The fourth-order valence-corrected chi connectivity index (χ4v) is 2.19. The van der Waals surface area contributed by atoms with Crippen molar-refractivity contribution in [3.63, 3.8) is 0 Å². The molecule has 7 heteroatoms. The van der Waals surface area contributed by atoms with Crippen molar-refractivity contribution in [2.24, 2.45) is 0 Å². The molecule has 22 heavy (non-hydrogen) atoms. The molecule has 2 heterocycles. The third-order valence-corrected chi connectivity index (χ3v) is 3.35. The van der Waals surface area contributed by atoms with Crippen molar-refractivity contribution in [2.75, 3.05) is 12.4 Å². The number of hydrogen-bond acceptors (Lipinski definition) is 4. The summed E-state index contributed by atoms with van der Waals surface area (Å²) in [5.74, 6) is -0.110. The van der Waals surface area contributed by atoms with E-state index in [0.29, 0.717) is 25.2 Å². The smallest absolute Gasteiger partial charge is 0.248 e. The lowest BCUT2D eigenvalue weighted by Crippen LogP contribution is -2.42. The number of aromatic nitrogens is 1. The standard InChI is InChI=1S/C15H18N4O3/c1-3-13(20)18-12-6-4-10(8-16-12)9-19(2)15(22)11-5-7-14(21)17-11/h3-4,6,8,11H,1,5,7,9H2,2H3,(H,17,21)(H,16,18,20)/t11-/m1/s1. The Morgan fingerprint density at radius 1 is 1.55 bits per heavy atom. The molecule has 1 aromatic rings. The fourth-order valence-electron chi connectivity index (χ4n) is 2.19. The van der Waals surface area contributed by atoms with Crippen molar-refractivity contribution < 1.29 is 14.4 Å². The number of amides is 3. The molecule has 116 valence electrons. The van der Waals surface area contributed by atoms with Gasteiger partial charge in [-0.15, -0.1) is 0 Å². The first-order chi connectivity index (χ1) is 10.5. The topological polar surface area (TPSA) is 91.4 Å². The lowest BCUT2D eigenvalue weighted by Gasteiger charge is -2.21. The van der Waals surface area contributed by atoms with Gasteiger partial charge < -0.3 is 15.5 Å². The zero-order valence-corrected chi connectivity index (χ0v) is 12.3. The summed E-state index contributed by atoms with van der Waals surface area (Å²) in [7, 11) is 1.68. The van der Waals surface area contributed by atoms with E-state index in [9.17, 15) is 14.4 Å². The predicted molar refractivity (Wildman–Crippen MR) is 80.7 cm³/mol. The van der Waals surface area contributed by atoms with E-state index in [2.05, 4.69) is 22.2 Å². The molecule has 1 aromatic heterocycles. The Morgan fingerprint density at radius 2 is 2.32 bits per heavy atom. The molecule has 1 fully saturated rings. The van der Waals surface area contributed by atoms with Crippen LogP contribution in [0, 0.1) is 0 Å². The average Bonchev–Trinajstić information content (AvgIpc) is 2.94. The second kappa shape index (κ2) is 6.84. The monoisotopic (exact) mass is 302 g/mol. The molecule has 0 spiro atoms. The largest absolute Gasteiger partial charge is 0.344 e. The molecule has 3 amide bonds. The SMILES string of the molecule is C=CC(=O)Nc1ccc(CN(C)C(=O)[C@H]2CCC(=O)N2)cn1. The maximum Gasteiger partial charge on any atom is 0.248 e. The van der Waals surface area contributed by atoms with Crippen molar-refractivity contribution in [3.8, 4) is 0 Å². The summed E-state index contributed by atoms with van der Waals surface area (Å²) < 4.78 is 0. The lowest BCUT2D eigenvalue weighted by atomic mass is 10.2. The second-order valence-corrected chi connectivity index (χ2v) is 5.10. The third-order valence-electron chi connectivity index (χ3n) is 3.35. The number of carbonyl (C=O) groups is 3. The normalized spacial score (nSPS) is 16.8. The summed E-state index contributed by atoms with van der Waals surface area (Å²) in [6.45, 7) is 3.75. The van der Waals surface area contributed by atoms with E-state index in [0.717, 1.165) is 11.6 Å². The quantitative estimate of drug-likeness (QED) is 0.772. The van der Waals surface area contributed by atoms with Crippen LogP contribution in [0.25, 0.3) is 0 Å².